The molecule has 6 heteroatoms. The summed E-state index contributed by atoms with van der Waals surface area (Å²) in [6.45, 7) is 0.912. The van der Waals surface area contributed by atoms with E-state index in [1.165, 1.54) is 6.20 Å². The molecule has 70 valence electrons. The van der Waals surface area contributed by atoms with Crippen LogP contribution in [0.4, 0.5) is 5.82 Å². The lowest BCUT2D eigenvalue weighted by Gasteiger charge is -2.21. The number of ether oxygens (including phenoxy) is 1. The molecule has 2 rings (SSSR count). The molecule has 1 aliphatic rings. The van der Waals surface area contributed by atoms with Gasteiger partial charge in [0, 0.05) is 6.54 Å². The topological polar surface area (TPSA) is 90.4 Å². The summed E-state index contributed by atoms with van der Waals surface area (Å²) >= 11 is 0. The van der Waals surface area contributed by atoms with Crippen LogP contribution < -0.4 is 5.73 Å². The molecule has 0 bridgehead atoms. The number of aromatic nitrogens is 2. The van der Waals surface area contributed by atoms with E-state index in [1.54, 1.807) is 4.57 Å². The van der Waals surface area contributed by atoms with Crippen molar-refractivity contribution >= 4 is 11.8 Å². The number of carbonyl (C=O) groups is 1. The highest BCUT2D eigenvalue weighted by molar-refractivity contribution is 5.73. The average Bonchev–Trinajstić information content (AvgIpc) is 2.48. The third-order valence-electron chi connectivity index (χ3n) is 1.98. The van der Waals surface area contributed by atoms with Crippen LogP contribution in [0.15, 0.2) is 6.20 Å². The lowest BCUT2D eigenvalue weighted by Crippen LogP contribution is -2.27. The molecule has 0 amide bonds. The maximum absolute atomic E-state index is 10.7. The van der Waals surface area contributed by atoms with E-state index in [4.69, 9.17) is 15.6 Å². The van der Waals surface area contributed by atoms with Gasteiger partial charge in [0.1, 0.15) is 5.82 Å². The standard InChI is InChI=1S/C7H9N3O3/c8-4-3-9-6-5(7(11)12)13-2-1-10(4)6/h3,5H,1-2,8H2,(H,11,12). The summed E-state index contributed by atoms with van der Waals surface area (Å²) < 4.78 is 6.70. The minimum atomic E-state index is -1.04. The summed E-state index contributed by atoms with van der Waals surface area (Å²) in [6.07, 6.45) is 0.464. The first-order valence-electron chi connectivity index (χ1n) is 3.85. The second-order valence-corrected chi connectivity index (χ2v) is 2.78. The Hall–Kier alpha value is -1.56. The number of imidazole rings is 1. The molecule has 1 aromatic rings. The minimum Gasteiger partial charge on any atom is -0.479 e. The van der Waals surface area contributed by atoms with Crippen molar-refractivity contribution in [3.05, 3.63) is 12.0 Å². The second kappa shape index (κ2) is 2.74. The highest BCUT2D eigenvalue weighted by Crippen LogP contribution is 2.23. The first-order chi connectivity index (χ1) is 6.20. The van der Waals surface area contributed by atoms with Crippen molar-refractivity contribution in [3.63, 3.8) is 0 Å². The van der Waals surface area contributed by atoms with Crippen LogP contribution in [-0.2, 0) is 16.1 Å². The maximum Gasteiger partial charge on any atom is 0.340 e. The lowest BCUT2D eigenvalue weighted by atomic mass is 10.3. The molecular weight excluding hydrogens is 174 g/mol. The van der Waals surface area contributed by atoms with Gasteiger partial charge in [-0.15, -0.1) is 0 Å². The summed E-state index contributed by atoms with van der Waals surface area (Å²) in [5, 5.41) is 8.78. The Morgan fingerprint density at radius 3 is 3.31 bits per heavy atom. The number of nitrogens with zero attached hydrogens (tertiary/aromatic N) is 2. The lowest BCUT2D eigenvalue weighted by molar-refractivity contribution is -0.153. The molecule has 0 radical (unpaired) electrons. The molecule has 1 aromatic heterocycles. The zero-order valence-corrected chi connectivity index (χ0v) is 6.80. The van der Waals surface area contributed by atoms with Crippen molar-refractivity contribution in [2.75, 3.05) is 12.3 Å². The van der Waals surface area contributed by atoms with E-state index in [0.29, 0.717) is 24.8 Å². The van der Waals surface area contributed by atoms with E-state index in [-0.39, 0.29) is 0 Å². The van der Waals surface area contributed by atoms with Crippen molar-refractivity contribution in [2.24, 2.45) is 0 Å². The van der Waals surface area contributed by atoms with Gasteiger partial charge in [-0.2, -0.15) is 0 Å². The molecule has 0 aliphatic carbocycles. The van der Waals surface area contributed by atoms with Gasteiger partial charge < -0.3 is 20.1 Å². The van der Waals surface area contributed by atoms with Crippen LogP contribution in [0.1, 0.15) is 11.9 Å². The fourth-order valence-electron chi connectivity index (χ4n) is 1.37. The van der Waals surface area contributed by atoms with Crippen LogP contribution >= 0.6 is 0 Å². The van der Waals surface area contributed by atoms with Gasteiger partial charge in [0.15, 0.2) is 5.82 Å². The summed E-state index contributed by atoms with van der Waals surface area (Å²) in [5.74, 6) is -0.188. The van der Waals surface area contributed by atoms with Crippen molar-refractivity contribution in [2.45, 2.75) is 12.6 Å². The molecule has 0 saturated carbocycles. The van der Waals surface area contributed by atoms with Crippen LogP contribution in [0.25, 0.3) is 0 Å². The molecule has 0 aromatic carbocycles. The molecule has 1 atom stereocenters. The Kier molecular flexibility index (Phi) is 1.70. The molecule has 6 nitrogen and oxygen atoms in total. The van der Waals surface area contributed by atoms with Crippen LogP contribution in [0, 0.1) is 0 Å². The zero-order chi connectivity index (χ0) is 9.42. The smallest absolute Gasteiger partial charge is 0.340 e. The molecule has 0 fully saturated rings. The summed E-state index contributed by atoms with van der Waals surface area (Å²) in [6, 6.07) is 0. The average molecular weight is 183 g/mol. The number of carboxylic acids is 1. The number of hydrogen-bond donors (Lipinski definition) is 2. The van der Waals surface area contributed by atoms with E-state index < -0.39 is 12.1 Å². The van der Waals surface area contributed by atoms with Gasteiger partial charge >= 0.3 is 5.97 Å². The van der Waals surface area contributed by atoms with Gasteiger partial charge in [0.2, 0.25) is 6.10 Å². The van der Waals surface area contributed by atoms with Gasteiger partial charge in [-0.1, -0.05) is 0 Å². The highest BCUT2D eigenvalue weighted by atomic mass is 16.5. The predicted octanol–water partition coefficient (Wildman–Crippen LogP) is -0.379. The van der Waals surface area contributed by atoms with E-state index >= 15 is 0 Å². The largest absolute Gasteiger partial charge is 0.479 e. The number of nitrogen functional groups attached to an aromatic ring is 1. The van der Waals surface area contributed by atoms with Gasteiger partial charge in [0.05, 0.1) is 12.8 Å². The fourth-order valence-corrected chi connectivity index (χ4v) is 1.37. The number of hydrogen-bond acceptors (Lipinski definition) is 4. The van der Waals surface area contributed by atoms with Gasteiger partial charge in [-0.3, -0.25) is 0 Å². The molecule has 1 aliphatic heterocycles. The molecule has 3 N–H and O–H groups in total. The van der Waals surface area contributed by atoms with Crippen molar-refractivity contribution in [1.29, 1.82) is 0 Å². The summed E-state index contributed by atoms with van der Waals surface area (Å²) in [7, 11) is 0. The Labute approximate surface area is 73.9 Å². The summed E-state index contributed by atoms with van der Waals surface area (Å²) in [5.41, 5.74) is 5.58. The number of aliphatic carboxylic acids is 1. The molecule has 13 heavy (non-hydrogen) atoms. The van der Waals surface area contributed by atoms with Gasteiger partial charge in [-0.25, -0.2) is 9.78 Å². The van der Waals surface area contributed by atoms with Gasteiger partial charge in [-0.05, 0) is 0 Å². The van der Waals surface area contributed by atoms with Crippen LogP contribution in [0.2, 0.25) is 0 Å². The van der Waals surface area contributed by atoms with Crippen molar-refractivity contribution in [3.8, 4) is 0 Å². The monoisotopic (exact) mass is 183 g/mol. The SMILES string of the molecule is Nc1cnc2n1CCOC2C(=O)O. The normalized spacial score (nSPS) is 21.1. The number of carboxylic acid groups (broad SMARTS) is 1. The number of fused-ring (bicyclic) bond motifs is 1. The Morgan fingerprint density at radius 2 is 2.62 bits per heavy atom. The molecule has 2 heterocycles. The number of rotatable bonds is 1. The third-order valence-corrected chi connectivity index (χ3v) is 1.98. The fraction of sp³-hybridized carbons (Fsp3) is 0.429. The Morgan fingerprint density at radius 1 is 1.85 bits per heavy atom. The van der Waals surface area contributed by atoms with Crippen molar-refractivity contribution in [1.82, 2.24) is 9.55 Å². The molecule has 1 unspecified atom stereocenters. The molecular formula is C7H9N3O3. The van der Waals surface area contributed by atoms with Crippen LogP contribution in [-0.4, -0.2) is 27.2 Å². The number of anilines is 1. The quantitative estimate of drug-likeness (QED) is 0.619. The maximum atomic E-state index is 10.7. The Bertz CT molecular complexity index is 347. The third kappa shape index (κ3) is 1.15. The van der Waals surface area contributed by atoms with Crippen LogP contribution in [0.3, 0.4) is 0 Å². The first kappa shape index (κ1) is 8.06. The van der Waals surface area contributed by atoms with Gasteiger partial charge in [0.25, 0.3) is 0 Å². The Balaban J connectivity index is 2.43. The first-order valence-corrected chi connectivity index (χ1v) is 3.85. The van der Waals surface area contributed by atoms with E-state index in [2.05, 4.69) is 4.98 Å². The van der Waals surface area contributed by atoms with E-state index in [1.807, 2.05) is 0 Å². The number of nitrogens with two attached hydrogens (primary N) is 1. The zero-order valence-electron chi connectivity index (χ0n) is 6.80. The van der Waals surface area contributed by atoms with Crippen LogP contribution in [0.5, 0.6) is 0 Å². The predicted molar refractivity (Wildman–Crippen MR) is 43.0 cm³/mol. The highest BCUT2D eigenvalue weighted by Gasteiger charge is 2.29. The van der Waals surface area contributed by atoms with Crippen molar-refractivity contribution < 1.29 is 14.6 Å². The minimum absolute atomic E-state index is 0.352. The molecule has 0 spiro atoms. The molecule has 0 saturated heterocycles. The van der Waals surface area contributed by atoms with E-state index in [0.717, 1.165) is 0 Å². The second-order valence-electron chi connectivity index (χ2n) is 2.78. The van der Waals surface area contributed by atoms with E-state index in [9.17, 15) is 4.79 Å². The summed E-state index contributed by atoms with van der Waals surface area (Å²) in [4.78, 5) is 14.6.